The summed E-state index contributed by atoms with van der Waals surface area (Å²) in [6, 6.07) is 16.7. The SMILES string of the molecule is N#Cc1ccc(CNC(=O)c2cc(-c3ccccc3)n[nH]2)nc1. The third-order valence-electron chi connectivity index (χ3n) is 3.28. The largest absolute Gasteiger partial charge is 0.345 e. The molecule has 1 amide bonds. The van der Waals surface area contributed by atoms with Gasteiger partial charge < -0.3 is 5.32 Å². The summed E-state index contributed by atoms with van der Waals surface area (Å²) in [6.07, 6.45) is 1.48. The number of benzene rings is 1. The number of hydrogen-bond acceptors (Lipinski definition) is 4. The Morgan fingerprint density at radius 1 is 1.22 bits per heavy atom. The molecule has 3 rings (SSSR count). The van der Waals surface area contributed by atoms with Gasteiger partial charge in [-0.25, -0.2) is 0 Å². The van der Waals surface area contributed by atoms with E-state index in [1.807, 2.05) is 36.4 Å². The second-order valence-electron chi connectivity index (χ2n) is 4.87. The van der Waals surface area contributed by atoms with Crippen molar-refractivity contribution in [3.63, 3.8) is 0 Å². The van der Waals surface area contributed by atoms with E-state index in [1.165, 1.54) is 6.20 Å². The van der Waals surface area contributed by atoms with Gasteiger partial charge in [-0.3, -0.25) is 14.9 Å². The number of nitrogens with zero attached hydrogens (tertiary/aromatic N) is 3. The molecule has 0 aliphatic heterocycles. The number of H-pyrrole nitrogens is 1. The standard InChI is InChI=1S/C17H13N5O/c18-9-12-6-7-14(19-10-12)11-20-17(23)16-8-15(21-22-16)13-4-2-1-3-5-13/h1-8,10H,11H2,(H,20,23)(H,21,22). The highest BCUT2D eigenvalue weighted by Crippen LogP contribution is 2.16. The van der Waals surface area contributed by atoms with Crippen molar-refractivity contribution in [2.45, 2.75) is 6.54 Å². The molecule has 0 atom stereocenters. The lowest BCUT2D eigenvalue weighted by atomic mass is 10.1. The first-order valence-corrected chi connectivity index (χ1v) is 7.00. The van der Waals surface area contributed by atoms with Gasteiger partial charge >= 0.3 is 0 Å². The molecule has 2 N–H and O–H groups in total. The van der Waals surface area contributed by atoms with Gasteiger partial charge in [-0.1, -0.05) is 30.3 Å². The highest BCUT2D eigenvalue weighted by Gasteiger charge is 2.10. The number of aromatic nitrogens is 3. The molecule has 0 saturated heterocycles. The van der Waals surface area contributed by atoms with Crippen molar-refractivity contribution in [2.24, 2.45) is 0 Å². The smallest absolute Gasteiger partial charge is 0.269 e. The number of carbonyl (C=O) groups excluding carboxylic acids is 1. The zero-order valence-corrected chi connectivity index (χ0v) is 12.2. The number of aromatic amines is 1. The first-order valence-electron chi connectivity index (χ1n) is 7.00. The maximum atomic E-state index is 12.1. The Hall–Kier alpha value is -3.46. The van der Waals surface area contributed by atoms with E-state index in [-0.39, 0.29) is 12.5 Å². The van der Waals surface area contributed by atoms with Gasteiger partial charge in [0.1, 0.15) is 11.8 Å². The van der Waals surface area contributed by atoms with Crippen LogP contribution in [0.3, 0.4) is 0 Å². The first-order chi connectivity index (χ1) is 11.3. The number of nitriles is 1. The quantitative estimate of drug-likeness (QED) is 0.773. The second kappa shape index (κ2) is 6.54. The summed E-state index contributed by atoms with van der Waals surface area (Å²) in [6.45, 7) is 0.282. The average molecular weight is 303 g/mol. The van der Waals surface area contributed by atoms with Gasteiger partial charge in [-0.05, 0) is 18.2 Å². The van der Waals surface area contributed by atoms with E-state index in [2.05, 4.69) is 20.5 Å². The zero-order chi connectivity index (χ0) is 16.1. The molecule has 6 heteroatoms. The molecule has 112 valence electrons. The Morgan fingerprint density at radius 2 is 2.04 bits per heavy atom. The van der Waals surface area contributed by atoms with Gasteiger partial charge in [0.05, 0.1) is 23.5 Å². The van der Waals surface area contributed by atoms with Crippen molar-refractivity contribution in [1.29, 1.82) is 5.26 Å². The average Bonchev–Trinajstić information content (AvgIpc) is 3.11. The van der Waals surface area contributed by atoms with E-state index in [9.17, 15) is 4.79 Å². The number of pyridine rings is 1. The van der Waals surface area contributed by atoms with E-state index >= 15 is 0 Å². The monoisotopic (exact) mass is 303 g/mol. The number of amides is 1. The van der Waals surface area contributed by atoms with Gasteiger partial charge in [-0.2, -0.15) is 10.4 Å². The lowest BCUT2D eigenvalue weighted by Crippen LogP contribution is -2.23. The molecule has 1 aromatic carbocycles. The molecule has 0 unspecified atom stereocenters. The summed E-state index contributed by atoms with van der Waals surface area (Å²) in [5, 5.41) is 18.4. The molecule has 0 aliphatic rings. The van der Waals surface area contributed by atoms with Crippen LogP contribution in [-0.4, -0.2) is 21.1 Å². The maximum Gasteiger partial charge on any atom is 0.269 e. The van der Waals surface area contributed by atoms with Gasteiger partial charge in [0, 0.05) is 11.8 Å². The van der Waals surface area contributed by atoms with E-state index in [4.69, 9.17) is 5.26 Å². The van der Waals surface area contributed by atoms with Crippen LogP contribution in [0.1, 0.15) is 21.7 Å². The third kappa shape index (κ3) is 3.41. The van der Waals surface area contributed by atoms with Crippen LogP contribution in [0, 0.1) is 11.3 Å². The topological polar surface area (TPSA) is 94.5 Å². The van der Waals surface area contributed by atoms with Crippen molar-refractivity contribution in [3.05, 3.63) is 71.7 Å². The predicted molar refractivity (Wildman–Crippen MR) is 84.1 cm³/mol. The Balaban J connectivity index is 1.64. The molecule has 0 bridgehead atoms. The van der Waals surface area contributed by atoms with Gasteiger partial charge in [-0.15, -0.1) is 0 Å². The van der Waals surface area contributed by atoms with Crippen LogP contribution in [0.2, 0.25) is 0 Å². The Kier molecular flexibility index (Phi) is 4.11. The molecule has 23 heavy (non-hydrogen) atoms. The van der Waals surface area contributed by atoms with E-state index in [0.29, 0.717) is 22.6 Å². The zero-order valence-electron chi connectivity index (χ0n) is 12.2. The minimum atomic E-state index is -0.258. The molecular formula is C17H13N5O. The Labute approximate surface area is 132 Å². The van der Waals surface area contributed by atoms with E-state index in [0.717, 1.165) is 5.56 Å². The molecule has 0 fully saturated rings. The van der Waals surface area contributed by atoms with Crippen molar-refractivity contribution >= 4 is 5.91 Å². The van der Waals surface area contributed by atoms with E-state index in [1.54, 1.807) is 18.2 Å². The first kappa shape index (κ1) is 14.5. The number of nitrogens with one attached hydrogen (secondary N) is 2. The molecule has 0 saturated carbocycles. The molecule has 0 spiro atoms. The summed E-state index contributed by atoms with van der Waals surface area (Å²) in [4.78, 5) is 16.2. The molecule has 6 nitrogen and oxygen atoms in total. The fourth-order valence-corrected chi connectivity index (χ4v) is 2.06. The van der Waals surface area contributed by atoms with E-state index < -0.39 is 0 Å². The summed E-state index contributed by atoms with van der Waals surface area (Å²) < 4.78 is 0. The minimum Gasteiger partial charge on any atom is -0.345 e. The summed E-state index contributed by atoms with van der Waals surface area (Å²) in [7, 11) is 0. The Bertz CT molecular complexity index is 847. The normalized spacial score (nSPS) is 10.0. The fourth-order valence-electron chi connectivity index (χ4n) is 2.06. The predicted octanol–water partition coefficient (Wildman–Crippen LogP) is 2.27. The van der Waals surface area contributed by atoms with Crippen molar-refractivity contribution < 1.29 is 4.79 Å². The molecular weight excluding hydrogens is 290 g/mol. The van der Waals surface area contributed by atoms with Crippen LogP contribution in [0.25, 0.3) is 11.3 Å². The van der Waals surface area contributed by atoms with Crippen LogP contribution < -0.4 is 5.32 Å². The van der Waals surface area contributed by atoms with Crippen LogP contribution in [0.15, 0.2) is 54.7 Å². The molecule has 0 radical (unpaired) electrons. The molecule has 3 aromatic rings. The van der Waals surface area contributed by atoms with Crippen molar-refractivity contribution in [2.75, 3.05) is 0 Å². The molecule has 2 aromatic heterocycles. The minimum absolute atomic E-state index is 0.258. The summed E-state index contributed by atoms with van der Waals surface area (Å²) >= 11 is 0. The number of hydrogen-bond donors (Lipinski definition) is 2. The summed E-state index contributed by atoms with van der Waals surface area (Å²) in [5.41, 5.74) is 3.21. The van der Waals surface area contributed by atoms with Gasteiger partial charge in [0.2, 0.25) is 0 Å². The highest BCUT2D eigenvalue weighted by atomic mass is 16.1. The maximum absolute atomic E-state index is 12.1. The van der Waals surface area contributed by atoms with Crippen LogP contribution in [0.5, 0.6) is 0 Å². The molecule has 2 heterocycles. The van der Waals surface area contributed by atoms with Crippen LogP contribution >= 0.6 is 0 Å². The summed E-state index contributed by atoms with van der Waals surface area (Å²) in [5.74, 6) is -0.258. The van der Waals surface area contributed by atoms with Crippen LogP contribution in [-0.2, 0) is 6.54 Å². The number of rotatable bonds is 4. The Morgan fingerprint density at radius 3 is 2.74 bits per heavy atom. The van der Waals surface area contributed by atoms with Crippen molar-refractivity contribution in [3.8, 4) is 17.3 Å². The molecule has 0 aliphatic carbocycles. The van der Waals surface area contributed by atoms with Crippen molar-refractivity contribution in [1.82, 2.24) is 20.5 Å². The second-order valence-corrected chi connectivity index (χ2v) is 4.87. The third-order valence-corrected chi connectivity index (χ3v) is 3.28. The van der Waals surface area contributed by atoms with Crippen LogP contribution in [0.4, 0.5) is 0 Å². The highest BCUT2D eigenvalue weighted by molar-refractivity contribution is 5.93. The fraction of sp³-hybridized carbons (Fsp3) is 0.0588. The van der Waals surface area contributed by atoms with Gasteiger partial charge in [0.15, 0.2) is 0 Å². The van der Waals surface area contributed by atoms with Gasteiger partial charge in [0.25, 0.3) is 5.91 Å². The number of carbonyl (C=O) groups is 1. The lowest BCUT2D eigenvalue weighted by molar-refractivity contribution is 0.0945. The lowest BCUT2D eigenvalue weighted by Gasteiger charge is -2.02.